The van der Waals surface area contributed by atoms with Crippen molar-refractivity contribution in [2.75, 3.05) is 38.1 Å². The fourth-order valence-corrected chi connectivity index (χ4v) is 2.28. The summed E-state index contributed by atoms with van der Waals surface area (Å²) in [7, 11) is 2.09. The number of para-hydroxylation sites is 1. The molecule has 0 aliphatic heterocycles. The molecule has 0 saturated heterocycles. The number of hydrogen-bond acceptors (Lipinski definition) is 3. The summed E-state index contributed by atoms with van der Waals surface area (Å²) in [6, 6.07) is 10.3. The fourth-order valence-electron chi connectivity index (χ4n) is 2.28. The molecule has 0 radical (unpaired) electrons. The molecule has 1 aromatic rings. The maximum absolute atomic E-state index is 11.9. The number of hydrogen-bond donors (Lipinski definition) is 3. The first kappa shape index (κ1) is 24.5. The molecule has 0 saturated carbocycles. The average molecular weight is 475 g/mol. The van der Waals surface area contributed by atoms with Crippen LogP contribution < -0.4 is 20.9 Å². The highest BCUT2D eigenvalue weighted by atomic mass is 127. The molecule has 0 aliphatic rings. The van der Waals surface area contributed by atoms with Gasteiger partial charge in [-0.1, -0.05) is 18.2 Å². The van der Waals surface area contributed by atoms with Crippen molar-refractivity contribution in [1.29, 1.82) is 0 Å². The zero-order valence-corrected chi connectivity index (χ0v) is 19.0. The minimum Gasteiger partial charge on any atom is -0.375 e. The number of benzene rings is 1. The quantitative estimate of drug-likeness (QED) is 0.234. The van der Waals surface area contributed by atoms with E-state index in [2.05, 4.69) is 45.0 Å². The van der Waals surface area contributed by atoms with Crippen molar-refractivity contribution in [2.45, 2.75) is 39.7 Å². The third kappa shape index (κ3) is 11.2. The SMILES string of the molecule is CCNC(=NCC(=O)NC(C)(C)C)NCCCN(C)c1ccccc1.I. The van der Waals surface area contributed by atoms with Crippen LogP contribution in [0.25, 0.3) is 0 Å². The predicted molar refractivity (Wildman–Crippen MR) is 122 cm³/mol. The van der Waals surface area contributed by atoms with E-state index in [0.29, 0.717) is 5.96 Å². The Morgan fingerprint density at radius 1 is 1.15 bits per heavy atom. The third-order valence-corrected chi connectivity index (χ3v) is 3.40. The first-order valence-corrected chi connectivity index (χ1v) is 8.91. The molecule has 0 spiro atoms. The van der Waals surface area contributed by atoms with E-state index < -0.39 is 0 Å². The van der Waals surface area contributed by atoms with Crippen LogP contribution in [0.5, 0.6) is 0 Å². The van der Waals surface area contributed by atoms with Gasteiger partial charge in [-0.2, -0.15) is 0 Å². The number of nitrogens with zero attached hydrogens (tertiary/aromatic N) is 2. The van der Waals surface area contributed by atoms with Gasteiger partial charge in [0.05, 0.1) is 0 Å². The van der Waals surface area contributed by atoms with Crippen molar-refractivity contribution >= 4 is 41.5 Å². The highest BCUT2D eigenvalue weighted by molar-refractivity contribution is 14.0. The Kier molecular flexibility index (Phi) is 12.0. The maximum atomic E-state index is 11.9. The number of aliphatic imine (C=N–C) groups is 1. The van der Waals surface area contributed by atoms with Crippen LogP contribution in [0.4, 0.5) is 5.69 Å². The molecule has 0 atom stereocenters. The van der Waals surface area contributed by atoms with Crippen LogP contribution in [0, 0.1) is 0 Å². The molecule has 0 aromatic heterocycles. The molecule has 7 heteroatoms. The Morgan fingerprint density at radius 2 is 1.81 bits per heavy atom. The summed E-state index contributed by atoms with van der Waals surface area (Å²) >= 11 is 0. The van der Waals surface area contributed by atoms with Crippen LogP contribution in [-0.4, -0.2) is 50.6 Å². The molecule has 26 heavy (non-hydrogen) atoms. The number of rotatable bonds is 8. The van der Waals surface area contributed by atoms with Gasteiger partial charge in [-0.3, -0.25) is 4.79 Å². The summed E-state index contributed by atoms with van der Waals surface area (Å²) < 4.78 is 0. The highest BCUT2D eigenvalue weighted by Crippen LogP contribution is 2.10. The van der Waals surface area contributed by atoms with Gasteiger partial charge in [-0.15, -0.1) is 24.0 Å². The number of amides is 1. The maximum Gasteiger partial charge on any atom is 0.242 e. The fraction of sp³-hybridized carbons (Fsp3) is 0.579. The van der Waals surface area contributed by atoms with Gasteiger partial charge in [0.2, 0.25) is 5.91 Å². The van der Waals surface area contributed by atoms with E-state index in [4.69, 9.17) is 0 Å². The number of anilines is 1. The number of nitrogens with one attached hydrogen (secondary N) is 3. The van der Waals surface area contributed by atoms with Crippen LogP contribution >= 0.6 is 24.0 Å². The molecular weight excluding hydrogens is 441 g/mol. The smallest absolute Gasteiger partial charge is 0.242 e. The van der Waals surface area contributed by atoms with Gasteiger partial charge < -0.3 is 20.9 Å². The zero-order chi connectivity index (χ0) is 18.7. The molecule has 1 rings (SSSR count). The van der Waals surface area contributed by atoms with Gasteiger partial charge in [-0.25, -0.2) is 4.99 Å². The largest absolute Gasteiger partial charge is 0.375 e. The van der Waals surface area contributed by atoms with Gasteiger partial charge >= 0.3 is 0 Å². The Balaban J connectivity index is 0.00000625. The molecule has 1 amide bonds. The standard InChI is InChI=1S/C19H33N5O.HI/c1-6-20-18(22-15-17(25)23-19(2,3)4)21-13-10-14-24(5)16-11-8-7-9-12-16;/h7-9,11-12H,6,10,13-15H2,1-5H3,(H,23,25)(H2,20,21,22);1H. The molecular formula is C19H34IN5O. The molecule has 0 heterocycles. The molecule has 0 bridgehead atoms. The van der Waals surface area contributed by atoms with Crippen molar-refractivity contribution < 1.29 is 4.79 Å². The lowest BCUT2D eigenvalue weighted by Gasteiger charge is -2.20. The second kappa shape index (κ2) is 12.8. The normalized spacial score (nSPS) is 11.3. The lowest BCUT2D eigenvalue weighted by molar-refractivity contribution is -0.121. The van der Waals surface area contributed by atoms with E-state index in [1.807, 2.05) is 45.9 Å². The molecule has 1 aromatic carbocycles. The highest BCUT2D eigenvalue weighted by Gasteiger charge is 2.13. The lowest BCUT2D eigenvalue weighted by Crippen LogP contribution is -2.43. The molecule has 3 N–H and O–H groups in total. The van der Waals surface area contributed by atoms with Crippen molar-refractivity contribution in [1.82, 2.24) is 16.0 Å². The lowest BCUT2D eigenvalue weighted by atomic mass is 10.1. The topological polar surface area (TPSA) is 68.8 Å². The van der Waals surface area contributed by atoms with Crippen molar-refractivity contribution in [3.8, 4) is 0 Å². The van der Waals surface area contributed by atoms with Crippen molar-refractivity contribution in [2.24, 2.45) is 4.99 Å². The number of halogens is 1. The number of carbonyl (C=O) groups excluding carboxylic acids is 1. The summed E-state index contributed by atoms with van der Waals surface area (Å²) in [5.41, 5.74) is 0.974. The van der Waals surface area contributed by atoms with Crippen molar-refractivity contribution in [3.63, 3.8) is 0 Å². The van der Waals surface area contributed by atoms with Crippen LogP contribution in [0.1, 0.15) is 34.1 Å². The molecule has 0 unspecified atom stereocenters. The van der Waals surface area contributed by atoms with E-state index in [1.54, 1.807) is 0 Å². The van der Waals surface area contributed by atoms with Crippen LogP contribution in [0.15, 0.2) is 35.3 Å². The van der Waals surface area contributed by atoms with E-state index in [-0.39, 0.29) is 42.0 Å². The second-order valence-electron chi connectivity index (χ2n) is 7.03. The number of guanidine groups is 1. The van der Waals surface area contributed by atoms with E-state index in [1.165, 1.54) is 5.69 Å². The first-order valence-electron chi connectivity index (χ1n) is 8.91. The summed E-state index contributed by atoms with van der Waals surface area (Å²) in [5, 5.41) is 9.35. The van der Waals surface area contributed by atoms with Crippen LogP contribution in [0.2, 0.25) is 0 Å². The summed E-state index contributed by atoms with van der Waals surface area (Å²) in [5.74, 6) is 0.599. The second-order valence-corrected chi connectivity index (χ2v) is 7.03. The third-order valence-electron chi connectivity index (χ3n) is 3.40. The Bertz CT molecular complexity index is 543. The first-order chi connectivity index (χ1) is 11.8. The summed E-state index contributed by atoms with van der Waals surface area (Å²) in [6.07, 6.45) is 0.976. The molecule has 0 fully saturated rings. The monoisotopic (exact) mass is 475 g/mol. The zero-order valence-electron chi connectivity index (χ0n) is 16.6. The molecule has 0 aliphatic carbocycles. The van der Waals surface area contributed by atoms with Gasteiger partial charge in [0.25, 0.3) is 0 Å². The minimum absolute atomic E-state index is 0. The van der Waals surface area contributed by atoms with Crippen LogP contribution in [0.3, 0.4) is 0 Å². The predicted octanol–water partition coefficient (Wildman–Crippen LogP) is 2.60. The molecule has 148 valence electrons. The number of carbonyl (C=O) groups is 1. The summed E-state index contributed by atoms with van der Waals surface area (Å²) in [6.45, 7) is 10.5. The van der Waals surface area contributed by atoms with Gasteiger partial charge in [-0.05, 0) is 46.2 Å². The Labute approximate surface area is 175 Å². The Hall–Kier alpha value is -1.51. The van der Waals surface area contributed by atoms with E-state index >= 15 is 0 Å². The van der Waals surface area contributed by atoms with Crippen molar-refractivity contribution in [3.05, 3.63) is 30.3 Å². The van der Waals surface area contributed by atoms with Gasteiger partial charge in [0, 0.05) is 37.9 Å². The Morgan fingerprint density at radius 3 is 2.38 bits per heavy atom. The van der Waals surface area contributed by atoms with Gasteiger partial charge in [0.1, 0.15) is 6.54 Å². The minimum atomic E-state index is -0.236. The summed E-state index contributed by atoms with van der Waals surface area (Å²) in [4.78, 5) is 18.4. The van der Waals surface area contributed by atoms with E-state index in [9.17, 15) is 4.79 Å². The van der Waals surface area contributed by atoms with Gasteiger partial charge in [0.15, 0.2) is 5.96 Å². The van der Waals surface area contributed by atoms with Crippen LogP contribution in [-0.2, 0) is 4.79 Å². The van der Waals surface area contributed by atoms with E-state index in [0.717, 1.165) is 26.1 Å². The molecule has 6 nitrogen and oxygen atoms in total. The average Bonchev–Trinajstić information content (AvgIpc) is 2.55.